The molecule has 17 heavy (non-hydrogen) atoms. The SMILES string of the molecule is O=C1C[C@@H]2C[C@@H](COCc3ccccc3)CN12. The first-order valence-corrected chi connectivity index (χ1v) is 6.24. The van der Waals surface area contributed by atoms with Crippen LogP contribution < -0.4 is 0 Å². The van der Waals surface area contributed by atoms with Crippen LogP contribution in [0.1, 0.15) is 18.4 Å². The van der Waals surface area contributed by atoms with E-state index in [9.17, 15) is 4.79 Å². The molecular weight excluding hydrogens is 214 g/mol. The van der Waals surface area contributed by atoms with Crippen LogP contribution >= 0.6 is 0 Å². The van der Waals surface area contributed by atoms with Gasteiger partial charge in [0.2, 0.25) is 5.91 Å². The minimum absolute atomic E-state index is 0.320. The number of rotatable bonds is 4. The predicted octanol–water partition coefficient (Wildman–Crippen LogP) is 1.82. The van der Waals surface area contributed by atoms with E-state index in [0.29, 0.717) is 24.5 Å². The number of nitrogens with zero attached hydrogens (tertiary/aromatic N) is 1. The third-order valence-corrected chi connectivity index (χ3v) is 3.70. The van der Waals surface area contributed by atoms with Gasteiger partial charge in [-0.05, 0) is 12.0 Å². The van der Waals surface area contributed by atoms with Crippen molar-refractivity contribution in [2.24, 2.45) is 5.92 Å². The monoisotopic (exact) mass is 231 g/mol. The van der Waals surface area contributed by atoms with E-state index >= 15 is 0 Å². The lowest BCUT2D eigenvalue weighted by Gasteiger charge is -2.33. The maximum Gasteiger partial charge on any atom is 0.224 e. The van der Waals surface area contributed by atoms with Crippen molar-refractivity contribution in [1.82, 2.24) is 4.90 Å². The Morgan fingerprint density at radius 1 is 1.29 bits per heavy atom. The van der Waals surface area contributed by atoms with Gasteiger partial charge in [0.1, 0.15) is 0 Å². The van der Waals surface area contributed by atoms with E-state index in [1.807, 2.05) is 23.1 Å². The van der Waals surface area contributed by atoms with Gasteiger partial charge in [-0.3, -0.25) is 4.79 Å². The second kappa shape index (κ2) is 4.49. The Hall–Kier alpha value is -1.35. The van der Waals surface area contributed by atoms with Crippen LogP contribution in [-0.2, 0) is 16.1 Å². The zero-order valence-corrected chi connectivity index (χ0v) is 9.84. The van der Waals surface area contributed by atoms with Crippen LogP contribution in [0.3, 0.4) is 0 Å². The van der Waals surface area contributed by atoms with Crippen LogP contribution in [0.5, 0.6) is 0 Å². The van der Waals surface area contributed by atoms with Crippen molar-refractivity contribution in [3.05, 3.63) is 35.9 Å². The number of hydrogen-bond donors (Lipinski definition) is 0. The number of amides is 1. The fourth-order valence-corrected chi connectivity index (χ4v) is 2.76. The number of carbonyl (C=O) groups is 1. The molecule has 2 atom stereocenters. The third kappa shape index (κ3) is 2.20. The topological polar surface area (TPSA) is 29.5 Å². The third-order valence-electron chi connectivity index (χ3n) is 3.70. The fraction of sp³-hybridized carbons (Fsp3) is 0.500. The van der Waals surface area contributed by atoms with Gasteiger partial charge in [-0.15, -0.1) is 0 Å². The Balaban J connectivity index is 1.42. The number of benzene rings is 1. The van der Waals surface area contributed by atoms with Crippen LogP contribution in [0.4, 0.5) is 0 Å². The molecule has 0 aliphatic carbocycles. The molecular formula is C14H17NO2. The van der Waals surface area contributed by atoms with E-state index in [-0.39, 0.29) is 0 Å². The zero-order chi connectivity index (χ0) is 11.7. The first kappa shape index (κ1) is 10.8. The summed E-state index contributed by atoms with van der Waals surface area (Å²) in [5.74, 6) is 0.857. The molecule has 1 aromatic carbocycles. The van der Waals surface area contributed by atoms with Gasteiger partial charge in [-0.25, -0.2) is 0 Å². The normalized spacial score (nSPS) is 26.8. The summed E-state index contributed by atoms with van der Waals surface area (Å²) in [5.41, 5.74) is 1.21. The first-order chi connectivity index (χ1) is 8.33. The predicted molar refractivity (Wildman–Crippen MR) is 64.3 cm³/mol. The largest absolute Gasteiger partial charge is 0.376 e. The maximum absolute atomic E-state index is 11.2. The molecule has 2 aliphatic heterocycles. The molecule has 1 amide bonds. The molecule has 3 rings (SSSR count). The Morgan fingerprint density at radius 3 is 2.82 bits per heavy atom. The minimum atomic E-state index is 0.320. The molecule has 0 aromatic heterocycles. The van der Waals surface area contributed by atoms with E-state index in [2.05, 4.69) is 12.1 Å². The lowest BCUT2D eigenvalue weighted by Crippen LogP contribution is -2.48. The molecule has 0 bridgehead atoms. The lowest BCUT2D eigenvalue weighted by molar-refractivity contribution is -0.142. The average molecular weight is 231 g/mol. The van der Waals surface area contributed by atoms with Gasteiger partial charge in [0.25, 0.3) is 0 Å². The quantitative estimate of drug-likeness (QED) is 0.740. The summed E-state index contributed by atoms with van der Waals surface area (Å²) in [5, 5.41) is 0. The van der Waals surface area contributed by atoms with Gasteiger partial charge in [-0.2, -0.15) is 0 Å². The van der Waals surface area contributed by atoms with E-state index < -0.39 is 0 Å². The Bertz CT molecular complexity index is 404. The lowest BCUT2D eigenvalue weighted by atomic mass is 10.0. The molecule has 2 heterocycles. The molecule has 90 valence electrons. The average Bonchev–Trinajstić information content (AvgIpc) is 2.68. The summed E-state index contributed by atoms with van der Waals surface area (Å²) in [6.45, 7) is 2.35. The number of β-lactam (4-membered cyclic amide) rings is 1. The molecule has 0 spiro atoms. The molecule has 2 fully saturated rings. The molecule has 3 nitrogen and oxygen atoms in total. The van der Waals surface area contributed by atoms with Crippen molar-refractivity contribution >= 4 is 5.91 Å². The zero-order valence-electron chi connectivity index (χ0n) is 9.84. The Labute approximate surface area is 101 Å². The second-order valence-electron chi connectivity index (χ2n) is 5.01. The van der Waals surface area contributed by atoms with E-state index in [1.165, 1.54) is 5.56 Å². The molecule has 1 aromatic rings. The molecule has 2 saturated heterocycles. The van der Waals surface area contributed by atoms with Gasteiger partial charge in [0.05, 0.1) is 13.2 Å². The highest BCUT2D eigenvalue weighted by Gasteiger charge is 2.43. The van der Waals surface area contributed by atoms with Crippen LogP contribution in [0.15, 0.2) is 30.3 Å². The summed E-state index contributed by atoms with van der Waals surface area (Å²) in [4.78, 5) is 13.2. The van der Waals surface area contributed by atoms with Gasteiger partial charge in [-0.1, -0.05) is 30.3 Å². The number of carbonyl (C=O) groups excluding carboxylic acids is 1. The standard InChI is InChI=1S/C14H17NO2/c16-14-7-13-6-12(8-15(13)14)10-17-9-11-4-2-1-3-5-11/h1-5,12-13H,6-10H2/t12-,13+/m1/s1. The summed E-state index contributed by atoms with van der Waals surface area (Å²) in [6, 6.07) is 10.7. The second-order valence-corrected chi connectivity index (χ2v) is 5.01. The van der Waals surface area contributed by atoms with Crippen molar-refractivity contribution < 1.29 is 9.53 Å². The van der Waals surface area contributed by atoms with Crippen molar-refractivity contribution in [3.63, 3.8) is 0 Å². The van der Waals surface area contributed by atoms with Crippen molar-refractivity contribution in [2.75, 3.05) is 13.2 Å². The summed E-state index contributed by atoms with van der Waals surface area (Å²) >= 11 is 0. The van der Waals surface area contributed by atoms with Crippen molar-refractivity contribution in [1.29, 1.82) is 0 Å². The molecule has 0 N–H and O–H groups in total. The summed E-state index contributed by atoms with van der Waals surface area (Å²) in [7, 11) is 0. The summed E-state index contributed by atoms with van der Waals surface area (Å²) < 4.78 is 5.73. The number of fused-ring (bicyclic) bond motifs is 1. The van der Waals surface area contributed by atoms with Crippen molar-refractivity contribution in [3.8, 4) is 0 Å². The van der Waals surface area contributed by atoms with E-state index in [4.69, 9.17) is 4.74 Å². The van der Waals surface area contributed by atoms with Gasteiger partial charge < -0.3 is 9.64 Å². The molecule has 2 aliphatic rings. The number of ether oxygens (including phenoxy) is 1. The number of hydrogen-bond acceptors (Lipinski definition) is 2. The van der Waals surface area contributed by atoms with Crippen LogP contribution in [0, 0.1) is 5.92 Å². The fourth-order valence-electron chi connectivity index (χ4n) is 2.76. The van der Waals surface area contributed by atoms with Gasteiger partial charge in [0.15, 0.2) is 0 Å². The van der Waals surface area contributed by atoms with Crippen LogP contribution in [-0.4, -0.2) is 30.0 Å². The van der Waals surface area contributed by atoms with E-state index in [1.54, 1.807) is 0 Å². The van der Waals surface area contributed by atoms with Gasteiger partial charge in [0, 0.05) is 24.9 Å². The highest BCUT2D eigenvalue weighted by Crippen LogP contribution is 2.33. The van der Waals surface area contributed by atoms with Crippen molar-refractivity contribution in [2.45, 2.75) is 25.5 Å². The Morgan fingerprint density at radius 2 is 2.12 bits per heavy atom. The smallest absolute Gasteiger partial charge is 0.224 e. The van der Waals surface area contributed by atoms with Crippen LogP contribution in [0.25, 0.3) is 0 Å². The van der Waals surface area contributed by atoms with E-state index in [0.717, 1.165) is 26.0 Å². The summed E-state index contributed by atoms with van der Waals surface area (Å²) in [6.07, 6.45) is 1.88. The Kier molecular flexibility index (Phi) is 2.85. The first-order valence-electron chi connectivity index (χ1n) is 6.24. The molecule has 3 heteroatoms. The van der Waals surface area contributed by atoms with Crippen LogP contribution in [0.2, 0.25) is 0 Å². The maximum atomic E-state index is 11.2. The highest BCUT2D eigenvalue weighted by atomic mass is 16.5. The highest BCUT2D eigenvalue weighted by molar-refractivity contribution is 5.83. The minimum Gasteiger partial charge on any atom is -0.376 e. The van der Waals surface area contributed by atoms with Gasteiger partial charge >= 0.3 is 0 Å². The molecule has 0 radical (unpaired) electrons. The molecule has 0 saturated carbocycles. The molecule has 0 unspecified atom stereocenters.